The van der Waals surface area contributed by atoms with E-state index in [1.54, 1.807) is 0 Å². The van der Waals surface area contributed by atoms with Crippen molar-refractivity contribution in [3.63, 3.8) is 0 Å². The van der Waals surface area contributed by atoms with E-state index in [-0.39, 0.29) is 0 Å². The Labute approximate surface area is 357 Å². The first-order valence-corrected chi connectivity index (χ1v) is 21.3. The summed E-state index contributed by atoms with van der Waals surface area (Å²) in [5, 5.41) is 10.0. The maximum absolute atomic E-state index is 2.48. The summed E-state index contributed by atoms with van der Waals surface area (Å²) in [6.07, 6.45) is 0. The molecule has 0 N–H and O–H groups in total. The van der Waals surface area contributed by atoms with Crippen molar-refractivity contribution < 1.29 is 0 Å². The van der Waals surface area contributed by atoms with Crippen LogP contribution in [0.5, 0.6) is 0 Å². The number of hydrogen-bond donors (Lipinski definition) is 0. The minimum Gasteiger partial charge on any atom is -0.310 e. The number of anilines is 6. The largest absolute Gasteiger partial charge is 0.310 e. The number of rotatable bonds is 7. The van der Waals surface area contributed by atoms with Crippen molar-refractivity contribution in [2.45, 2.75) is 41.5 Å². The molecule has 0 aliphatic heterocycles. The number of hydrogen-bond acceptors (Lipinski definition) is 2. The van der Waals surface area contributed by atoms with Gasteiger partial charge in [0.25, 0.3) is 0 Å². The van der Waals surface area contributed by atoms with E-state index >= 15 is 0 Å². The molecule has 11 aromatic rings. The highest BCUT2D eigenvalue weighted by Crippen LogP contribution is 2.48. The average Bonchev–Trinajstić information content (AvgIpc) is 3.59. The van der Waals surface area contributed by atoms with E-state index in [0.717, 1.165) is 17.1 Å². The van der Waals surface area contributed by atoms with Crippen molar-refractivity contribution in [3.05, 3.63) is 209 Å². The molecule has 0 amide bonds. The maximum atomic E-state index is 2.48. The molecular weight excluding hydrogens is 739 g/mol. The number of para-hydroxylation sites is 2. The molecule has 61 heavy (non-hydrogen) atoms. The first-order valence-electron chi connectivity index (χ1n) is 21.3. The molecule has 0 spiro atoms. The molecule has 0 saturated carbocycles. The van der Waals surface area contributed by atoms with Crippen LogP contribution in [0.2, 0.25) is 0 Å². The van der Waals surface area contributed by atoms with Gasteiger partial charge >= 0.3 is 0 Å². The van der Waals surface area contributed by atoms with Gasteiger partial charge in [-0.3, -0.25) is 0 Å². The van der Waals surface area contributed by atoms with Crippen molar-refractivity contribution in [2.24, 2.45) is 0 Å². The molecule has 0 aliphatic rings. The van der Waals surface area contributed by atoms with E-state index in [4.69, 9.17) is 0 Å². The fraction of sp³-hybridized carbons (Fsp3) is 0.103. The van der Waals surface area contributed by atoms with Crippen LogP contribution in [-0.2, 0) is 0 Å². The van der Waals surface area contributed by atoms with Gasteiger partial charge in [0.1, 0.15) is 0 Å². The summed E-state index contributed by atoms with van der Waals surface area (Å²) in [6.45, 7) is 13.2. The van der Waals surface area contributed by atoms with E-state index in [1.807, 2.05) is 0 Å². The van der Waals surface area contributed by atoms with Crippen LogP contribution in [0.15, 0.2) is 176 Å². The molecule has 0 unspecified atom stereocenters. The predicted molar refractivity (Wildman–Crippen MR) is 262 cm³/mol. The third-order valence-corrected chi connectivity index (χ3v) is 12.8. The lowest BCUT2D eigenvalue weighted by atomic mass is 9.92. The highest BCUT2D eigenvalue weighted by molar-refractivity contribution is 6.26. The van der Waals surface area contributed by atoms with E-state index in [0.29, 0.717) is 0 Å². The lowest BCUT2D eigenvalue weighted by molar-refractivity contribution is 1.17. The van der Waals surface area contributed by atoms with E-state index < -0.39 is 0 Å². The molecular formula is C58H47N3. The summed E-state index contributed by atoms with van der Waals surface area (Å²) in [6, 6.07) is 65.7. The van der Waals surface area contributed by atoms with Gasteiger partial charge in [-0.05, 0) is 152 Å². The molecule has 0 bridgehead atoms. The van der Waals surface area contributed by atoms with Gasteiger partial charge in [-0.1, -0.05) is 126 Å². The van der Waals surface area contributed by atoms with Crippen molar-refractivity contribution in [3.8, 4) is 5.69 Å². The van der Waals surface area contributed by atoms with Crippen LogP contribution in [0.1, 0.15) is 33.4 Å². The molecule has 0 radical (unpaired) electrons. The Balaban J connectivity index is 1.14. The third kappa shape index (κ3) is 5.95. The average molecular weight is 786 g/mol. The van der Waals surface area contributed by atoms with Crippen molar-refractivity contribution in [1.29, 1.82) is 0 Å². The second-order valence-corrected chi connectivity index (χ2v) is 17.1. The maximum Gasteiger partial charge on any atom is 0.0561 e. The Hall–Kier alpha value is -7.36. The molecule has 1 aromatic heterocycles. The number of aryl methyl sites for hydroxylation is 6. The zero-order valence-electron chi connectivity index (χ0n) is 35.6. The molecule has 3 nitrogen and oxygen atoms in total. The molecule has 0 saturated heterocycles. The van der Waals surface area contributed by atoms with Gasteiger partial charge in [0, 0.05) is 50.3 Å². The Morgan fingerprint density at radius 1 is 0.328 bits per heavy atom. The van der Waals surface area contributed by atoms with Gasteiger partial charge in [0.2, 0.25) is 0 Å². The summed E-state index contributed by atoms with van der Waals surface area (Å²) in [5.41, 5.74) is 18.1. The summed E-state index contributed by atoms with van der Waals surface area (Å²) < 4.78 is 2.41. The molecule has 0 atom stereocenters. The first-order chi connectivity index (χ1) is 29.7. The monoisotopic (exact) mass is 785 g/mol. The number of aromatic nitrogens is 1. The second-order valence-electron chi connectivity index (χ2n) is 17.1. The molecule has 11 rings (SSSR count). The Morgan fingerprint density at radius 2 is 0.836 bits per heavy atom. The van der Waals surface area contributed by atoms with Gasteiger partial charge in [0.15, 0.2) is 0 Å². The zero-order valence-corrected chi connectivity index (χ0v) is 35.6. The van der Waals surface area contributed by atoms with Crippen LogP contribution in [0.4, 0.5) is 34.1 Å². The van der Waals surface area contributed by atoms with Gasteiger partial charge in [-0.25, -0.2) is 0 Å². The highest BCUT2D eigenvalue weighted by Gasteiger charge is 2.23. The minimum absolute atomic E-state index is 1.12. The van der Waals surface area contributed by atoms with Crippen molar-refractivity contribution >= 4 is 88.2 Å². The molecule has 1 heterocycles. The van der Waals surface area contributed by atoms with Crippen LogP contribution < -0.4 is 9.80 Å². The number of nitrogens with zero attached hydrogens (tertiary/aromatic N) is 3. The molecule has 0 fully saturated rings. The smallest absolute Gasteiger partial charge is 0.0561 e. The Bertz CT molecular complexity index is 3430. The van der Waals surface area contributed by atoms with Crippen LogP contribution in [0.25, 0.3) is 59.8 Å². The zero-order chi connectivity index (χ0) is 41.5. The molecule has 3 heteroatoms. The second kappa shape index (κ2) is 14.1. The summed E-state index contributed by atoms with van der Waals surface area (Å²) >= 11 is 0. The third-order valence-electron chi connectivity index (χ3n) is 12.8. The van der Waals surface area contributed by atoms with Crippen LogP contribution in [0, 0.1) is 41.5 Å². The predicted octanol–water partition coefficient (Wildman–Crippen LogP) is 16.5. The van der Waals surface area contributed by atoms with Crippen LogP contribution in [-0.4, -0.2) is 4.57 Å². The van der Waals surface area contributed by atoms with Crippen LogP contribution in [0.3, 0.4) is 0 Å². The number of benzene rings is 10. The van der Waals surface area contributed by atoms with E-state index in [2.05, 4.69) is 232 Å². The summed E-state index contributed by atoms with van der Waals surface area (Å²) in [5.74, 6) is 0. The first kappa shape index (κ1) is 36.7. The highest BCUT2D eigenvalue weighted by atomic mass is 15.2. The van der Waals surface area contributed by atoms with Crippen molar-refractivity contribution in [1.82, 2.24) is 4.57 Å². The lowest BCUT2D eigenvalue weighted by Gasteiger charge is -2.31. The van der Waals surface area contributed by atoms with E-state index in [9.17, 15) is 0 Å². The van der Waals surface area contributed by atoms with Gasteiger partial charge < -0.3 is 14.4 Å². The quantitative estimate of drug-likeness (QED) is 0.149. The van der Waals surface area contributed by atoms with Gasteiger partial charge in [-0.2, -0.15) is 0 Å². The lowest BCUT2D eigenvalue weighted by Crippen LogP contribution is -2.13. The topological polar surface area (TPSA) is 11.4 Å². The fourth-order valence-corrected chi connectivity index (χ4v) is 10.1. The van der Waals surface area contributed by atoms with Gasteiger partial charge in [0.05, 0.1) is 16.7 Å². The van der Waals surface area contributed by atoms with E-state index in [1.165, 1.54) is 110 Å². The van der Waals surface area contributed by atoms with Gasteiger partial charge in [-0.15, -0.1) is 0 Å². The minimum atomic E-state index is 1.12. The Kier molecular flexibility index (Phi) is 8.51. The number of fused-ring (bicyclic) bond motifs is 3. The SMILES string of the molecule is Cc1ccc(N(c2cc3ccc4ccc(N(c5ccc(C)cc5C)c5ccc(C)cc5C)c5ccc(c2)c3c45)c2ccc3c4ccccc4n(-c4ccccc4)c3c2)c(C)c1. The molecule has 294 valence electrons. The summed E-state index contributed by atoms with van der Waals surface area (Å²) in [4.78, 5) is 4.94. The summed E-state index contributed by atoms with van der Waals surface area (Å²) in [7, 11) is 0. The van der Waals surface area contributed by atoms with Crippen LogP contribution >= 0.6 is 0 Å². The molecule has 10 aromatic carbocycles. The Morgan fingerprint density at radius 3 is 1.48 bits per heavy atom. The van der Waals surface area contributed by atoms with Crippen molar-refractivity contribution in [2.75, 3.05) is 9.80 Å². The standard InChI is InChI=1S/C58H47N3/c1-36-16-26-51(39(4)30-36)59(46-23-25-49-48-14-10-11-15-54(48)60(56(49)35-46)45-12-8-7-9-13-45)47-33-43-20-19-42-22-29-55(50-24-21-44(34-47)57(43)58(42)50)61(52-27-17-37(2)31-40(52)5)53-28-18-38(3)32-41(53)6/h7-35H,1-6H3. The normalized spacial score (nSPS) is 11.8. The molecule has 0 aliphatic carbocycles. The fourth-order valence-electron chi connectivity index (χ4n) is 10.1.